The van der Waals surface area contributed by atoms with E-state index < -0.39 is 84.4 Å². The van der Waals surface area contributed by atoms with Crippen LogP contribution in [0.3, 0.4) is 0 Å². The molecule has 640 valence electrons. The third kappa shape index (κ3) is 73.5. The molecule has 0 rings (SSSR count). The molecular weight excluding hydrogens is 1420 g/mol. The Kier molecular flexibility index (Phi) is 75.1. The summed E-state index contributed by atoms with van der Waals surface area (Å²) in [6, 6.07) is -2.78. The van der Waals surface area contributed by atoms with Crippen LogP contribution in [-0.4, -0.2) is 142 Å². The van der Waals surface area contributed by atoms with Gasteiger partial charge in [-0.15, -0.1) is 0 Å². The van der Waals surface area contributed by atoms with E-state index in [-0.39, 0.29) is 82.7 Å². The molecule has 0 aromatic heterocycles. The second-order valence-electron chi connectivity index (χ2n) is 30.3. The van der Waals surface area contributed by atoms with E-state index in [1.807, 2.05) is 0 Å². The number of phosphoric acid groups is 2. The van der Waals surface area contributed by atoms with Crippen LogP contribution in [0.15, 0.2) is 0 Å². The molecule has 108 heavy (non-hydrogen) atoms. The Bertz CT molecular complexity index is 2180. The Morgan fingerprint density at radius 1 is 0.361 bits per heavy atom. The largest absolute Gasteiger partial charge is 0.756 e. The molecule has 0 aliphatic carbocycles. The van der Waals surface area contributed by atoms with Gasteiger partial charge in [-0.25, -0.2) is 4.79 Å². The van der Waals surface area contributed by atoms with Crippen LogP contribution in [0.1, 0.15) is 401 Å². The highest BCUT2D eigenvalue weighted by Crippen LogP contribution is 2.39. The van der Waals surface area contributed by atoms with Gasteiger partial charge < -0.3 is 78.3 Å². The zero-order chi connectivity index (χ0) is 79.5. The van der Waals surface area contributed by atoms with Crippen LogP contribution in [0.25, 0.3) is 0 Å². The molecule has 8 atom stereocenters. The first kappa shape index (κ1) is 105. The Labute approximate surface area is 657 Å². The van der Waals surface area contributed by atoms with Crippen molar-refractivity contribution in [3.05, 3.63) is 0 Å². The number of urea groups is 1. The first-order chi connectivity index (χ1) is 52.3. The molecule has 6 N–H and O–H groups in total. The number of amides is 4. The molecular formula is C83H162N4O19P2-2. The summed E-state index contributed by atoms with van der Waals surface area (Å²) in [6.45, 7) is 10.3. The van der Waals surface area contributed by atoms with Crippen LogP contribution in [0.5, 0.6) is 0 Å². The number of aliphatic hydroxyl groups is 2. The number of carbonyl (C=O) groups is 5. The van der Waals surface area contributed by atoms with Gasteiger partial charge in [0.15, 0.2) is 6.29 Å². The maximum atomic E-state index is 13.3. The van der Waals surface area contributed by atoms with Crippen molar-refractivity contribution in [2.45, 2.75) is 438 Å². The fourth-order valence-electron chi connectivity index (χ4n) is 13.0. The van der Waals surface area contributed by atoms with Gasteiger partial charge in [0.1, 0.15) is 11.9 Å². The Morgan fingerprint density at radius 2 is 0.694 bits per heavy atom. The van der Waals surface area contributed by atoms with Crippen molar-refractivity contribution in [1.82, 2.24) is 21.3 Å². The maximum absolute atomic E-state index is 13.3. The molecule has 0 bridgehead atoms. The van der Waals surface area contributed by atoms with Crippen molar-refractivity contribution >= 4 is 45.2 Å². The molecule has 8 unspecified atom stereocenters. The average Bonchev–Trinajstić information content (AvgIpc) is 0.914. The third-order valence-electron chi connectivity index (χ3n) is 19.6. The summed E-state index contributed by atoms with van der Waals surface area (Å²) in [5.41, 5.74) is 0. The van der Waals surface area contributed by atoms with Gasteiger partial charge in [-0.3, -0.25) is 28.3 Å². The number of ether oxygens (including phenoxy) is 4. The van der Waals surface area contributed by atoms with Gasteiger partial charge in [-0.1, -0.05) is 311 Å². The smallest absolute Gasteiger partial charge is 0.314 e. The number of hydrogen-bond acceptors (Lipinski definition) is 19. The maximum Gasteiger partial charge on any atom is 0.314 e. The number of hydrogen-bond donors (Lipinski definition) is 6. The van der Waals surface area contributed by atoms with E-state index in [2.05, 4.69) is 62.8 Å². The van der Waals surface area contributed by atoms with E-state index in [1.54, 1.807) is 0 Å². The Hall–Kier alpha value is -2.63. The number of nitrogens with one attached hydrogen (secondary N) is 4. The molecule has 25 heteroatoms. The molecule has 0 aliphatic heterocycles. The monoisotopic (exact) mass is 1580 g/mol. The number of phosphoric ester groups is 2. The number of Topliss-reactive ketones (excluding diaryl/α,β-unsaturated/α-hetero) is 1. The van der Waals surface area contributed by atoms with Crippen LogP contribution in [-0.2, 0) is 65.4 Å². The zero-order valence-corrected chi connectivity index (χ0v) is 71.2. The molecule has 0 radical (unpaired) electrons. The highest BCUT2D eigenvalue weighted by molar-refractivity contribution is 7.46. The van der Waals surface area contributed by atoms with E-state index in [0.717, 1.165) is 154 Å². The van der Waals surface area contributed by atoms with Gasteiger partial charge in [0.2, 0.25) is 11.8 Å². The van der Waals surface area contributed by atoms with Crippen molar-refractivity contribution in [2.24, 2.45) is 0 Å². The molecule has 0 aliphatic rings. The fraction of sp³-hybridized carbons (Fsp3) is 0.940. The van der Waals surface area contributed by atoms with Gasteiger partial charge in [-0.05, 0) is 57.8 Å². The number of ketones is 1. The lowest BCUT2D eigenvalue weighted by molar-refractivity contribution is -0.227. The molecule has 0 saturated heterocycles. The quantitative estimate of drug-likeness (QED) is 0.0108. The Morgan fingerprint density at radius 3 is 1.10 bits per heavy atom. The van der Waals surface area contributed by atoms with Crippen molar-refractivity contribution in [3.8, 4) is 0 Å². The molecule has 0 fully saturated rings. The molecule has 23 nitrogen and oxygen atoms in total. The van der Waals surface area contributed by atoms with Crippen LogP contribution in [0.2, 0.25) is 0 Å². The second-order valence-corrected chi connectivity index (χ2v) is 33.1. The number of aliphatic hydroxyl groups excluding tert-OH is 2. The standard InChI is InChI=1S/C83H164N4O19P2/c1-7-13-19-25-29-33-37-43-47-53-75(88)67-79(90)86-73(69-99-63-59-77(55-49-41-23-17-11-5)105-81(92)57-51-45-39-35-31-27-21-15-9-3)71-103-107(95,96)101-65-61-84-83(94)85-62-66-102-108(97,98)104-72-74(87-80(91)68-76(89)54-48-44-38-34-30-26-20-14-8-2)70-100-64-60-78(56-50-42-24-18-12-6)106-82(93)58-52-46-40-36-32-28-22-16-10-4/h73-75,77-78,82,88,93H,7-72H2,1-6H3,(H,86,90)(H,87,91)(H,95,96)(H,97,98)(H2,84,85,94)/p-2. The molecule has 0 aromatic rings. The van der Waals surface area contributed by atoms with Crippen LogP contribution >= 0.6 is 15.6 Å². The predicted molar refractivity (Wildman–Crippen MR) is 430 cm³/mol. The summed E-state index contributed by atoms with van der Waals surface area (Å²) in [5, 5.41) is 32.0. The van der Waals surface area contributed by atoms with E-state index >= 15 is 0 Å². The number of carbonyl (C=O) groups excluding carboxylic acids is 5. The summed E-state index contributed by atoms with van der Waals surface area (Å²) >= 11 is 0. The van der Waals surface area contributed by atoms with E-state index in [4.69, 9.17) is 37.0 Å². The second kappa shape index (κ2) is 77.0. The molecule has 0 saturated carbocycles. The van der Waals surface area contributed by atoms with E-state index in [0.29, 0.717) is 44.9 Å². The summed E-state index contributed by atoms with van der Waals surface area (Å²) in [6.07, 6.45) is 51.9. The number of unbranched alkanes of at least 4 members (excludes halogenated alkanes) is 40. The van der Waals surface area contributed by atoms with Crippen LogP contribution in [0.4, 0.5) is 4.79 Å². The Balaban J connectivity index is 5.68. The zero-order valence-electron chi connectivity index (χ0n) is 69.4. The summed E-state index contributed by atoms with van der Waals surface area (Å²) in [4.78, 5) is 91.4. The number of esters is 1. The van der Waals surface area contributed by atoms with Crippen molar-refractivity contribution in [1.29, 1.82) is 0 Å². The highest BCUT2D eigenvalue weighted by atomic mass is 31.2. The average molecular weight is 1580 g/mol. The van der Waals surface area contributed by atoms with Gasteiger partial charge >= 0.3 is 12.0 Å². The normalized spacial score (nSPS) is 14.5. The first-order valence-corrected chi connectivity index (χ1v) is 46.9. The molecule has 0 aromatic carbocycles. The van der Waals surface area contributed by atoms with Crippen molar-refractivity contribution in [2.75, 3.05) is 65.9 Å². The summed E-state index contributed by atoms with van der Waals surface area (Å²) < 4.78 is 70.8. The lowest BCUT2D eigenvalue weighted by atomic mass is 10.0. The lowest BCUT2D eigenvalue weighted by Gasteiger charge is -2.27. The van der Waals surface area contributed by atoms with Crippen molar-refractivity contribution < 1.29 is 90.1 Å². The molecule has 0 heterocycles. The predicted octanol–water partition coefficient (Wildman–Crippen LogP) is 18.8. The van der Waals surface area contributed by atoms with Gasteiger partial charge in [0.05, 0.1) is 83.4 Å². The van der Waals surface area contributed by atoms with E-state index in [9.17, 15) is 53.1 Å². The summed E-state index contributed by atoms with van der Waals surface area (Å²) in [5.74, 6) is -1.57. The molecule has 0 spiro atoms. The highest BCUT2D eigenvalue weighted by Gasteiger charge is 2.24. The minimum absolute atomic E-state index is 0.153. The minimum Gasteiger partial charge on any atom is -0.756 e. The topological polar surface area (TPSA) is 328 Å². The van der Waals surface area contributed by atoms with Crippen LogP contribution < -0.4 is 31.1 Å². The fourth-order valence-corrected chi connectivity index (χ4v) is 14.5. The third-order valence-corrected chi connectivity index (χ3v) is 21.5. The van der Waals surface area contributed by atoms with E-state index in [1.165, 1.54) is 141 Å². The first-order valence-electron chi connectivity index (χ1n) is 44.0. The van der Waals surface area contributed by atoms with Gasteiger partial charge in [0, 0.05) is 39.0 Å². The summed E-state index contributed by atoms with van der Waals surface area (Å²) in [7, 11) is -10.1. The van der Waals surface area contributed by atoms with Crippen LogP contribution in [0, 0.1) is 0 Å². The van der Waals surface area contributed by atoms with Gasteiger partial charge in [-0.2, -0.15) is 0 Å². The SMILES string of the molecule is CCCCCCCCCCCC(=O)CC(=O)NC(COCCC(CCCCCCC)OC(O)CCCCCCCCCCC)COP(=O)([O-])OCCNC(=O)NCCOP(=O)([O-])OCC(COCCC(CCCCCCC)OC(=O)CCCCCCCCCCC)NC(=O)CC(O)CCCCCCCCCCC. The number of rotatable bonds is 85. The minimum atomic E-state index is -5.04. The lowest BCUT2D eigenvalue weighted by Crippen LogP contribution is -2.43. The van der Waals surface area contributed by atoms with Crippen molar-refractivity contribution in [3.63, 3.8) is 0 Å². The van der Waals surface area contributed by atoms with Gasteiger partial charge in [0.25, 0.3) is 15.6 Å². The molecule has 4 amide bonds.